The van der Waals surface area contributed by atoms with Gasteiger partial charge in [-0.25, -0.2) is 0 Å². The highest BCUT2D eigenvalue weighted by atomic mass is 35.5. The van der Waals surface area contributed by atoms with E-state index < -0.39 is 0 Å². The van der Waals surface area contributed by atoms with Crippen LogP contribution in [0.15, 0.2) is 54.6 Å². The van der Waals surface area contributed by atoms with E-state index in [2.05, 4.69) is 83.8 Å². The molecule has 0 aromatic heterocycles. The monoisotopic (exact) mass is 435 g/mol. The summed E-state index contributed by atoms with van der Waals surface area (Å²) in [6.07, 6.45) is 2.74. The van der Waals surface area contributed by atoms with E-state index in [-0.39, 0.29) is 42.3 Å². The predicted molar refractivity (Wildman–Crippen MR) is 123 cm³/mol. The number of halogens is 2. The third-order valence-corrected chi connectivity index (χ3v) is 6.45. The van der Waals surface area contributed by atoms with Crippen molar-refractivity contribution in [2.45, 2.75) is 37.4 Å². The molecular formula is C23H31Cl2N3O. The number of nitrogens with one attached hydrogen (secondary N) is 1. The Balaban J connectivity index is 0.00000150. The van der Waals surface area contributed by atoms with Gasteiger partial charge < -0.3 is 10.2 Å². The van der Waals surface area contributed by atoms with Gasteiger partial charge in [-0.1, -0.05) is 54.6 Å². The van der Waals surface area contributed by atoms with Gasteiger partial charge in [0.2, 0.25) is 5.91 Å². The lowest BCUT2D eigenvalue weighted by Gasteiger charge is -2.47. The molecule has 4 rings (SSSR count). The number of amides is 1. The average molecular weight is 436 g/mol. The van der Waals surface area contributed by atoms with Gasteiger partial charge >= 0.3 is 0 Å². The molecule has 1 amide bonds. The number of fused-ring (bicyclic) bond motifs is 1. The van der Waals surface area contributed by atoms with Crippen LogP contribution in [-0.2, 0) is 23.3 Å². The molecule has 0 radical (unpaired) electrons. The zero-order valence-electron chi connectivity index (χ0n) is 17.1. The number of hydrogen-bond acceptors (Lipinski definition) is 3. The highest BCUT2D eigenvalue weighted by Gasteiger charge is 2.40. The van der Waals surface area contributed by atoms with Crippen molar-refractivity contribution < 1.29 is 4.79 Å². The zero-order chi connectivity index (χ0) is 18.9. The van der Waals surface area contributed by atoms with Crippen molar-refractivity contribution in [1.29, 1.82) is 0 Å². The van der Waals surface area contributed by atoms with Gasteiger partial charge in [0.05, 0.1) is 6.04 Å². The van der Waals surface area contributed by atoms with Gasteiger partial charge in [0.25, 0.3) is 0 Å². The maximum absolute atomic E-state index is 13.1. The molecule has 1 atom stereocenters. The number of carbonyl (C=O) groups is 1. The van der Waals surface area contributed by atoms with Crippen LogP contribution in [-0.4, -0.2) is 48.9 Å². The van der Waals surface area contributed by atoms with Gasteiger partial charge in [-0.3, -0.25) is 9.69 Å². The van der Waals surface area contributed by atoms with Crippen LogP contribution in [0.3, 0.4) is 0 Å². The first kappa shape index (κ1) is 23.7. The summed E-state index contributed by atoms with van der Waals surface area (Å²) in [7, 11) is 4.31. The standard InChI is InChI=1S/C23H29N3O.2ClH/c1-25(2)23(20-10-4-3-5-11-20)12-14-26(15-13-23)22(27)21-16-18-8-6-7-9-19(18)17-24-21;;/h3-11,21,24H,12-17H2,1-2H3;2*1H/t21-;;/m0../s1. The molecule has 2 heterocycles. The quantitative estimate of drug-likeness (QED) is 0.799. The van der Waals surface area contributed by atoms with Gasteiger partial charge in [0.1, 0.15) is 0 Å². The molecule has 2 aromatic carbocycles. The van der Waals surface area contributed by atoms with Crippen molar-refractivity contribution in [3.8, 4) is 0 Å². The van der Waals surface area contributed by atoms with E-state index >= 15 is 0 Å². The summed E-state index contributed by atoms with van der Waals surface area (Å²) >= 11 is 0. The van der Waals surface area contributed by atoms with E-state index in [0.29, 0.717) is 0 Å². The average Bonchev–Trinajstić information content (AvgIpc) is 2.73. The van der Waals surface area contributed by atoms with Crippen molar-refractivity contribution in [3.63, 3.8) is 0 Å². The molecule has 2 aliphatic rings. The first-order valence-corrected chi connectivity index (χ1v) is 9.92. The summed E-state index contributed by atoms with van der Waals surface area (Å²) < 4.78 is 0. The van der Waals surface area contributed by atoms with Crippen LogP contribution in [0.4, 0.5) is 0 Å². The fourth-order valence-corrected chi connectivity index (χ4v) is 4.69. The molecule has 0 saturated carbocycles. The molecule has 0 bridgehead atoms. The van der Waals surface area contributed by atoms with E-state index in [4.69, 9.17) is 0 Å². The van der Waals surface area contributed by atoms with E-state index in [9.17, 15) is 4.79 Å². The van der Waals surface area contributed by atoms with Gasteiger partial charge in [-0.15, -0.1) is 24.8 Å². The molecule has 0 unspecified atom stereocenters. The van der Waals surface area contributed by atoms with E-state index in [0.717, 1.165) is 38.9 Å². The summed E-state index contributed by atoms with van der Waals surface area (Å²) in [5.41, 5.74) is 3.99. The molecule has 29 heavy (non-hydrogen) atoms. The Morgan fingerprint density at radius 1 is 0.966 bits per heavy atom. The van der Waals surface area contributed by atoms with Crippen LogP contribution in [0.5, 0.6) is 0 Å². The molecule has 1 fully saturated rings. The van der Waals surface area contributed by atoms with Gasteiger partial charge in [-0.2, -0.15) is 0 Å². The van der Waals surface area contributed by atoms with Crippen molar-refractivity contribution in [2.75, 3.05) is 27.2 Å². The number of likely N-dealkylation sites (tertiary alicyclic amines) is 1. The lowest BCUT2D eigenvalue weighted by atomic mass is 9.79. The highest BCUT2D eigenvalue weighted by Crippen LogP contribution is 2.37. The van der Waals surface area contributed by atoms with Crippen molar-refractivity contribution >= 4 is 30.7 Å². The number of piperidine rings is 1. The van der Waals surface area contributed by atoms with Crippen LogP contribution in [0.1, 0.15) is 29.5 Å². The number of carbonyl (C=O) groups excluding carboxylic acids is 1. The summed E-state index contributed by atoms with van der Waals surface area (Å²) in [6.45, 7) is 2.41. The molecular weight excluding hydrogens is 405 g/mol. The van der Waals surface area contributed by atoms with Crippen molar-refractivity contribution in [1.82, 2.24) is 15.1 Å². The van der Waals surface area contributed by atoms with Gasteiger partial charge in [0, 0.05) is 25.2 Å². The Hall–Kier alpha value is -1.59. The highest BCUT2D eigenvalue weighted by molar-refractivity contribution is 5.85. The van der Waals surface area contributed by atoms with Gasteiger partial charge in [0.15, 0.2) is 0 Å². The van der Waals surface area contributed by atoms with E-state index in [1.54, 1.807) is 0 Å². The number of rotatable bonds is 3. The first-order valence-electron chi connectivity index (χ1n) is 9.92. The topological polar surface area (TPSA) is 35.6 Å². The number of nitrogens with zero attached hydrogens (tertiary/aromatic N) is 2. The Labute approximate surface area is 186 Å². The molecule has 1 saturated heterocycles. The van der Waals surface area contributed by atoms with E-state index in [1.165, 1.54) is 16.7 Å². The molecule has 158 valence electrons. The third kappa shape index (κ3) is 4.61. The maximum Gasteiger partial charge on any atom is 0.240 e. The van der Waals surface area contributed by atoms with Gasteiger partial charge in [-0.05, 0) is 50.0 Å². The SMILES string of the molecule is CN(C)C1(c2ccccc2)CCN(C(=O)[C@@H]2Cc3ccccc3CN2)CC1.Cl.Cl. The zero-order valence-corrected chi connectivity index (χ0v) is 18.8. The molecule has 1 N–H and O–H groups in total. The normalized spacial score (nSPS) is 20.2. The summed E-state index contributed by atoms with van der Waals surface area (Å²) in [5, 5.41) is 3.45. The van der Waals surface area contributed by atoms with Crippen LogP contribution in [0, 0.1) is 0 Å². The van der Waals surface area contributed by atoms with E-state index in [1.807, 2.05) is 0 Å². The second kappa shape index (κ2) is 9.94. The Bertz CT molecular complexity index is 805. The maximum atomic E-state index is 13.1. The molecule has 2 aliphatic heterocycles. The number of benzene rings is 2. The summed E-state index contributed by atoms with van der Waals surface area (Å²) in [6, 6.07) is 19.1. The summed E-state index contributed by atoms with van der Waals surface area (Å²) in [4.78, 5) is 17.5. The third-order valence-electron chi connectivity index (χ3n) is 6.45. The Kier molecular flexibility index (Phi) is 8.12. The predicted octanol–water partition coefficient (Wildman–Crippen LogP) is 3.62. The summed E-state index contributed by atoms with van der Waals surface area (Å²) in [5.74, 6) is 0.255. The molecule has 4 nitrogen and oxygen atoms in total. The Morgan fingerprint density at radius 3 is 2.17 bits per heavy atom. The van der Waals surface area contributed by atoms with Crippen molar-refractivity contribution in [2.24, 2.45) is 0 Å². The van der Waals surface area contributed by atoms with Crippen molar-refractivity contribution in [3.05, 3.63) is 71.3 Å². The molecule has 0 aliphatic carbocycles. The second-order valence-electron chi connectivity index (χ2n) is 8.02. The molecule has 2 aromatic rings. The molecule has 0 spiro atoms. The van der Waals surface area contributed by atoms with Crippen LogP contribution in [0.2, 0.25) is 0 Å². The van der Waals surface area contributed by atoms with Crippen LogP contribution in [0.25, 0.3) is 0 Å². The number of hydrogen-bond donors (Lipinski definition) is 1. The molecule has 6 heteroatoms. The van der Waals surface area contributed by atoms with Crippen LogP contribution >= 0.6 is 24.8 Å². The Morgan fingerprint density at radius 2 is 1.55 bits per heavy atom. The minimum atomic E-state index is -0.0940. The smallest absolute Gasteiger partial charge is 0.240 e. The minimum absolute atomic E-state index is 0. The fraction of sp³-hybridized carbons (Fsp3) is 0.435. The largest absolute Gasteiger partial charge is 0.341 e. The second-order valence-corrected chi connectivity index (χ2v) is 8.02. The minimum Gasteiger partial charge on any atom is -0.341 e. The fourth-order valence-electron chi connectivity index (χ4n) is 4.69. The first-order chi connectivity index (χ1) is 13.1. The lowest BCUT2D eigenvalue weighted by molar-refractivity contribution is -0.136. The lowest BCUT2D eigenvalue weighted by Crippen LogP contribution is -2.56. The van der Waals surface area contributed by atoms with Crippen LogP contribution < -0.4 is 5.32 Å².